The van der Waals surface area contributed by atoms with E-state index in [1.165, 1.54) is 6.42 Å². The highest BCUT2D eigenvalue weighted by atomic mass is 16.7. The zero-order chi connectivity index (χ0) is 14.2. The number of nitrogens with two attached hydrogens (primary N) is 1. The Morgan fingerprint density at radius 2 is 1.90 bits per heavy atom. The third-order valence-corrected chi connectivity index (χ3v) is 4.61. The van der Waals surface area contributed by atoms with Crippen molar-refractivity contribution in [3.05, 3.63) is 17.7 Å². The molecule has 0 radical (unpaired) electrons. The molecule has 108 valence electrons. The molecule has 1 aliphatic heterocycles. The molecule has 1 fully saturated rings. The maximum atomic E-state index is 9.79. The first-order chi connectivity index (χ1) is 9.68. The Kier molecular flexibility index (Phi) is 3.62. The van der Waals surface area contributed by atoms with Crippen molar-refractivity contribution in [1.29, 1.82) is 0 Å². The van der Waals surface area contributed by atoms with Crippen molar-refractivity contribution in [1.82, 2.24) is 0 Å². The molecule has 1 saturated carbocycles. The third kappa shape index (κ3) is 2.08. The molecular weight excluding hydrogens is 257 g/mol. The Morgan fingerprint density at radius 1 is 1.15 bits per heavy atom. The van der Waals surface area contributed by atoms with E-state index < -0.39 is 7.12 Å². The lowest BCUT2D eigenvalue weighted by molar-refractivity contribution is 0.174. The summed E-state index contributed by atoms with van der Waals surface area (Å²) in [4.78, 5) is 0. The SMILES string of the molecule is NCC1(c2ccc3c(c2B(O)O)OCO3)CCCCC1. The van der Waals surface area contributed by atoms with Gasteiger partial charge in [-0.05, 0) is 24.5 Å². The van der Waals surface area contributed by atoms with Crippen LogP contribution in [0.4, 0.5) is 0 Å². The fourth-order valence-electron chi connectivity index (χ4n) is 3.52. The molecule has 1 heterocycles. The minimum atomic E-state index is -1.58. The van der Waals surface area contributed by atoms with Gasteiger partial charge in [-0.25, -0.2) is 0 Å². The highest BCUT2D eigenvalue weighted by Gasteiger charge is 2.39. The smallest absolute Gasteiger partial charge is 0.454 e. The monoisotopic (exact) mass is 277 g/mol. The number of hydrogen-bond donors (Lipinski definition) is 3. The van der Waals surface area contributed by atoms with Gasteiger partial charge in [-0.2, -0.15) is 0 Å². The van der Waals surface area contributed by atoms with Gasteiger partial charge in [0.25, 0.3) is 0 Å². The van der Waals surface area contributed by atoms with Crippen LogP contribution in [0.15, 0.2) is 12.1 Å². The first kappa shape index (κ1) is 13.7. The molecule has 0 saturated heterocycles. The van der Waals surface area contributed by atoms with E-state index in [0.29, 0.717) is 23.5 Å². The van der Waals surface area contributed by atoms with Gasteiger partial charge in [0.1, 0.15) is 0 Å². The summed E-state index contributed by atoms with van der Waals surface area (Å²) in [6.45, 7) is 0.625. The number of fused-ring (bicyclic) bond motifs is 1. The highest BCUT2D eigenvalue weighted by Crippen LogP contribution is 2.41. The molecule has 20 heavy (non-hydrogen) atoms. The predicted molar refractivity (Wildman–Crippen MR) is 76.2 cm³/mol. The summed E-state index contributed by atoms with van der Waals surface area (Å²) >= 11 is 0. The van der Waals surface area contributed by atoms with Gasteiger partial charge in [-0.1, -0.05) is 25.3 Å². The van der Waals surface area contributed by atoms with Gasteiger partial charge in [0.05, 0.1) is 0 Å². The number of benzene rings is 1. The van der Waals surface area contributed by atoms with Gasteiger partial charge in [0.2, 0.25) is 6.79 Å². The summed E-state index contributed by atoms with van der Waals surface area (Å²) in [5.41, 5.74) is 7.19. The van der Waals surface area contributed by atoms with Gasteiger partial charge in [0.15, 0.2) is 11.5 Å². The Balaban J connectivity index is 2.12. The van der Waals surface area contributed by atoms with Crippen molar-refractivity contribution in [2.45, 2.75) is 37.5 Å². The van der Waals surface area contributed by atoms with Crippen LogP contribution < -0.4 is 20.7 Å². The summed E-state index contributed by atoms with van der Waals surface area (Å²) < 4.78 is 10.8. The lowest BCUT2D eigenvalue weighted by atomic mass is 9.62. The molecule has 3 rings (SSSR count). The normalized spacial score (nSPS) is 19.9. The number of hydrogen-bond acceptors (Lipinski definition) is 5. The molecule has 2 aliphatic rings. The van der Waals surface area contributed by atoms with Crippen LogP contribution in [0.3, 0.4) is 0 Å². The minimum absolute atomic E-state index is 0.119. The second-order valence-electron chi connectivity index (χ2n) is 5.68. The zero-order valence-corrected chi connectivity index (χ0v) is 11.5. The van der Waals surface area contributed by atoms with E-state index in [1.807, 2.05) is 12.1 Å². The fraction of sp³-hybridized carbons (Fsp3) is 0.571. The third-order valence-electron chi connectivity index (χ3n) is 4.61. The summed E-state index contributed by atoms with van der Waals surface area (Å²) in [6.07, 6.45) is 5.40. The van der Waals surface area contributed by atoms with E-state index in [0.717, 1.165) is 31.2 Å². The fourth-order valence-corrected chi connectivity index (χ4v) is 3.52. The second-order valence-corrected chi connectivity index (χ2v) is 5.68. The van der Waals surface area contributed by atoms with Crippen LogP contribution in [0, 0.1) is 0 Å². The van der Waals surface area contributed by atoms with E-state index in [9.17, 15) is 10.0 Å². The summed E-state index contributed by atoms with van der Waals surface area (Å²) in [5.74, 6) is 1.02. The summed E-state index contributed by atoms with van der Waals surface area (Å²) in [6, 6.07) is 3.76. The topological polar surface area (TPSA) is 84.9 Å². The molecular formula is C14H20BNO4. The first-order valence-electron chi connectivity index (χ1n) is 7.17. The molecule has 6 heteroatoms. The molecule has 0 atom stereocenters. The standard InChI is InChI=1S/C14H20BNO4/c16-8-14(6-2-1-3-7-14)10-4-5-11-13(20-9-19-11)12(10)15(17)18/h4-5,17-18H,1-3,6-9,16H2. The average Bonchev–Trinajstić information content (AvgIpc) is 2.95. The van der Waals surface area contributed by atoms with E-state index in [-0.39, 0.29) is 12.2 Å². The van der Waals surface area contributed by atoms with Crippen molar-refractivity contribution in [3.63, 3.8) is 0 Å². The number of rotatable bonds is 3. The average molecular weight is 277 g/mol. The van der Waals surface area contributed by atoms with Gasteiger partial charge >= 0.3 is 7.12 Å². The highest BCUT2D eigenvalue weighted by molar-refractivity contribution is 6.60. The molecule has 0 unspecified atom stereocenters. The summed E-state index contributed by atoms with van der Waals surface area (Å²) in [7, 11) is -1.58. The lowest BCUT2D eigenvalue weighted by Gasteiger charge is -2.38. The van der Waals surface area contributed by atoms with Crippen LogP contribution in [0.25, 0.3) is 0 Å². The minimum Gasteiger partial charge on any atom is -0.454 e. The van der Waals surface area contributed by atoms with Crippen LogP contribution in [0.1, 0.15) is 37.7 Å². The predicted octanol–water partition coefficient (Wildman–Crippen LogP) is 0.256. The van der Waals surface area contributed by atoms with Crippen molar-refractivity contribution in [3.8, 4) is 11.5 Å². The Bertz CT molecular complexity index is 500. The second kappa shape index (κ2) is 5.28. The Labute approximate surface area is 118 Å². The van der Waals surface area contributed by atoms with Gasteiger partial charge in [-0.15, -0.1) is 0 Å². The maximum absolute atomic E-state index is 9.79. The molecule has 0 spiro atoms. The summed E-state index contributed by atoms with van der Waals surface area (Å²) in [5, 5.41) is 19.6. The zero-order valence-electron chi connectivity index (χ0n) is 11.5. The van der Waals surface area contributed by atoms with Gasteiger partial charge in [0, 0.05) is 17.4 Å². The molecule has 0 aromatic heterocycles. The van der Waals surface area contributed by atoms with Crippen LogP contribution in [-0.4, -0.2) is 30.5 Å². The Hall–Kier alpha value is -1.24. The van der Waals surface area contributed by atoms with Crippen molar-refractivity contribution in [2.24, 2.45) is 5.73 Å². The van der Waals surface area contributed by atoms with Crippen LogP contribution in [-0.2, 0) is 5.41 Å². The van der Waals surface area contributed by atoms with E-state index in [2.05, 4.69) is 0 Å². The van der Waals surface area contributed by atoms with Crippen molar-refractivity contribution >= 4 is 12.6 Å². The van der Waals surface area contributed by atoms with E-state index in [4.69, 9.17) is 15.2 Å². The molecule has 4 N–H and O–H groups in total. The van der Waals surface area contributed by atoms with Crippen LogP contribution in [0.5, 0.6) is 11.5 Å². The molecule has 0 bridgehead atoms. The van der Waals surface area contributed by atoms with Crippen molar-refractivity contribution < 1.29 is 19.5 Å². The molecule has 1 aliphatic carbocycles. The first-order valence-corrected chi connectivity index (χ1v) is 7.17. The molecule has 0 amide bonds. The number of ether oxygens (including phenoxy) is 2. The lowest BCUT2D eigenvalue weighted by Crippen LogP contribution is -2.45. The molecule has 1 aromatic carbocycles. The van der Waals surface area contributed by atoms with Gasteiger partial charge in [-0.3, -0.25) is 0 Å². The van der Waals surface area contributed by atoms with E-state index >= 15 is 0 Å². The van der Waals surface area contributed by atoms with Crippen LogP contribution in [0.2, 0.25) is 0 Å². The molecule has 1 aromatic rings. The van der Waals surface area contributed by atoms with E-state index in [1.54, 1.807) is 0 Å². The largest absolute Gasteiger partial charge is 0.492 e. The quantitative estimate of drug-likeness (QED) is 0.690. The van der Waals surface area contributed by atoms with Crippen LogP contribution >= 0.6 is 0 Å². The molecule has 5 nitrogen and oxygen atoms in total. The van der Waals surface area contributed by atoms with Gasteiger partial charge < -0.3 is 25.3 Å². The Morgan fingerprint density at radius 3 is 2.55 bits per heavy atom. The maximum Gasteiger partial charge on any atom is 0.492 e. The van der Waals surface area contributed by atoms with Crippen molar-refractivity contribution in [2.75, 3.05) is 13.3 Å².